The minimum atomic E-state index is 0.427. The molecule has 2 fully saturated rings. The maximum Gasteiger partial charge on any atom is 0.0619 e. The van der Waals surface area contributed by atoms with Crippen LogP contribution in [0.2, 0.25) is 0 Å². The molecule has 0 spiro atoms. The van der Waals surface area contributed by atoms with Gasteiger partial charge in [0, 0.05) is 38.9 Å². The number of hydrogen-bond donors (Lipinski definition) is 1. The van der Waals surface area contributed by atoms with E-state index in [4.69, 9.17) is 15.2 Å². The molecule has 2 aliphatic rings. The number of nitrogens with zero attached hydrogens (tertiary/aromatic N) is 1. The highest BCUT2D eigenvalue weighted by molar-refractivity contribution is 4.82. The first kappa shape index (κ1) is 11.3. The molecule has 0 aromatic carbocycles. The summed E-state index contributed by atoms with van der Waals surface area (Å²) in [6, 6.07) is 0.614. The second-order valence-electron chi connectivity index (χ2n) is 4.40. The molecule has 0 radical (unpaired) electrons. The highest BCUT2D eigenvalue weighted by atomic mass is 16.5. The van der Waals surface area contributed by atoms with Crippen molar-refractivity contribution < 1.29 is 9.47 Å². The molecule has 0 aromatic heterocycles. The molecular weight excluding hydrogens is 192 g/mol. The van der Waals surface area contributed by atoms with Gasteiger partial charge in [0.25, 0.3) is 0 Å². The summed E-state index contributed by atoms with van der Waals surface area (Å²) in [7, 11) is 0. The molecular formula is C11H22N2O2. The van der Waals surface area contributed by atoms with Gasteiger partial charge in [0.05, 0.1) is 12.7 Å². The quantitative estimate of drug-likeness (QED) is 0.711. The third-order valence-corrected chi connectivity index (χ3v) is 3.44. The molecule has 0 saturated carbocycles. The Bertz CT molecular complexity index is 179. The highest BCUT2D eigenvalue weighted by Crippen LogP contribution is 2.16. The zero-order valence-corrected chi connectivity index (χ0v) is 9.36. The van der Waals surface area contributed by atoms with E-state index in [0.717, 1.165) is 45.8 Å². The van der Waals surface area contributed by atoms with Crippen molar-refractivity contribution in [3.8, 4) is 0 Å². The van der Waals surface area contributed by atoms with Gasteiger partial charge in [-0.2, -0.15) is 0 Å². The predicted octanol–water partition coefficient (Wildman–Crippen LogP) is 0.215. The molecule has 1 atom stereocenters. The maximum absolute atomic E-state index is 5.82. The number of hydrogen-bond acceptors (Lipinski definition) is 4. The summed E-state index contributed by atoms with van der Waals surface area (Å²) in [5.41, 5.74) is 5.64. The van der Waals surface area contributed by atoms with Crippen LogP contribution in [0.25, 0.3) is 0 Å². The van der Waals surface area contributed by atoms with Gasteiger partial charge in [-0.1, -0.05) is 0 Å². The van der Waals surface area contributed by atoms with Crippen LogP contribution in [0.3, 0.4) is 0 Å². The van der Waals surface area contributed by atoms with E-state index in [1.54, 1.807) is 0 Å². The molecule has 0 bridgehead atoms. The van der Waals surface area contributed by atoms with Crippen molar-refractivity contribution in [3.63, 3.8) is 0 Å². The summed E-state index contributed by atoms with van der Waals surface area (Å²) in [6.45, 7) is 5.59. The lowest BCUT2D eigenvalue weighted by molar-refractivity contribution is -0.0456. The van der Waals surface area contributed by atoms with Crippen molar-refractivity contribution in [2.24, 2.45) is 5.73 Å². The summed E-state index contributed by atoms with van der Waals surface area (Å²) < 4.78 is 11.1. The Morgan fingerprint density at radius 2 is 2.07 bits per heavy atom. The van der Waals surface area contributed by atoms with Gasteiger partial charge in [-0.25, -0.2) is 0 Å². The van der Waals surface area contributed by atoms with Gasteiger partial charge in [-0.15, -0.1) is 0 Å². The second kappa shape index (κ2) is 5.80. The van der Waals surface area contributed by atoms with Crippen LogP contribution in [0, 0.1) is 0 Å². The van der Waals surface area contributed by atoms with Crippen LogP contribution in [-0.4, -0.2) is 56.5 Å². The predicted molar refractivity (Wildman–Crippen MR) is 58.8 cm³/mol. The van der Waals surface area contributed by atoms with Crippen molar-refractivity contribution in [2.45, 2.75) is 31.4 Å². The van der Waals surface area contributed by atoms with E-state index in [1.807, 2.05) is 0 Å². The van der Waals surface area contributed by atoms with Gasteiger partial charge in [0.1, 0.15) is 0 Å². The number of ether oxygens (including phenoxy) is 2. The molecule has 88 valence electrons. The van der Waals surface area contributed by atoms with E-state index in [0.29, 0.717) is 12.1 Å². The molecule has 2 saturated heterocycles. The van der Waals surface area contributed by atoms with E-state index in [-0.39, 0.29) is 0 Å². The molecule has 2 N–H and O–H groups in total. The zero-order valence-electron chi connectivity index (χ0n) is 9.36. The molecule has 0 aliphatic carbocycles. The Balaban J connectivity index is 1.54. The van der Waals surface area contributed by atoms with E-state index in [9.17, 15) is 0 Å². The largest absolute Gasteiger partial charge is 0.381 e. The third-order valence-electron chi connectivity index (χ3n) is 3.44. The van der Waals surface area contributed by atoms with Crippen LogP contribution >= 0.6 is 0 Å². The number of likely N-dealkylation sites (tertiary alicyclic amines) is 1. The van der Waals surface area contributed by atoms with E-state index in [2.05, 4.69) is 4.90 Å². The smallest absolute Gasteiger partial charge is 0.0619 e. The van der Waals surface area contributed by atoms with Gasteiger partial charge in [-0.3, -0.25) is 4.90 Å². The van der Waals surface area contributed by atoms with Crippen molar-refractivity contribution in [2.75, 3.05) is 39.5 Å². The first-order valence-corrected chi connectivity index (χ1v) is 6.03. The minimum Gasteiger partial charge on any atom is -0.381 e. The average molecular weight is 214 g/mol. The Hall–Kier alpha value is -0.160. The van der Waals surface area contributed by atoms with E-state index < -0.39 is 0 Å². The Kier molecular flexibility index (Phi) is 4.38. The fourth-order valence-corrected chi connectivity index (χ4v) is 2.23. The monoisotopic (exact) mass is 214 g/mol. The fourth-order valence-electron chi connectivity index (χ4n) is 2.23. The fraction of sp³-hybridized carbons (Fsp3) is 1.00. The van der Waals surface area contributed by atoms with Crippen molar-refractivity contribution in [1.29, 1.82) is 0 Å². The molecule has 2 rings (SSSR count). The van der Waals surface area contributed by atoms with Crippen molar-refractivity contribution in [3.05, 3.63) is 0 Å². The lowest BCUT2D eigenvalue weighted by Gasteiger charge is -2.40. The lowest BCUT2D eigenvalue weighted by atomic mass is 10.0. The van der Waals surface area contributed by atoms with Gasteiger partial charge >= 0.3 is 0 Å². The Morgan fingerprint density at radius 1 is 1.27 bits per heavy atom. The van der Waals surface area contributed by atoms with Gasteiger partial charge < -0.3 is 15.2 Å². The topological polar surface area (TPSA) is 47.7 Å². The Morgan fingerprint density at radius 3 is 2.67 bits per heavy atom. The molecule has 0 aromatic rings. The van der Waals surface area contributed by atoms with Crippen molar-refractivity contribution in [1.82, 2.24) is 4.90 Å². The Labute approximate surface area is 91.7 Å². The van der Waals surface area contributed by atoms with Crippen LogP contribution < -0.4 is 5.73 Å². The van der Waals surface area contributed by atoms with E-state index >= 15 is 0 Å². The van der Waals surface area contributed by atoms with Gasteiger partial charge in [0.2, 0.25) is 0 Å². The van der Waals surface area contributed by atoms with Crippen LogP contribution in [0.15, 0.2) is 0 Å². The first-order valence-electron chi connectivity index (χ1n) is 6.03. The summed E-state index contributed by atoms with van der Waals surface area (Å²) in [5, 5.41) is 0. The van der Waals surface area contributed by atoms with E-state index in [1.165, 1.54) is 13.0 Å². The summed E-state index contributed by atoms with van der Waals surface area (Å²) in [5.74, 6) is 0. The standard InChI is InChI=1S/C11H22N2O2/c12-9-10-1-4-13(10)5-8-15-11-2-6-14-7-3-11/h10-11H,1-9,12H2. The first-order chi connectivity index (χ1) is 7.40. The molecule has 4 nitrogen and oxygen atoms in total. The molecule has 4 heteroatoms. The molecule has 0 amide bonds. The number of nitrogens with two attached hydrogens (primary N) is 1. The molecule has 2 heterocycles. The van der Waals surface area contributed by atoms with Gasteiger partial charge in [-0.05, 0) is 19.3 Å². The normalized spacial score (nSPS) is 29.0. The maximum atomic E-state index is 5.82. The average Bonchev–Trinajstić information content (AvgIpc) is 2.25. The molecule has 2 aliphatic heterocycles. The molecule has 1 unspecified atom stereocenters. The molecule has 15 heavy (non-hydrogen) atoms. The second-order valence-corrected chi connectivity index (χ2v) is 4.40. The summed E-state index contributed by atoms with van der Waals surface area (Å²) in [4.78, 5) is 2.42. The van der Waals surface area contributed by atoms with Crippen LogP contribution in [0.4, 0.5) is 0 Å². The van der Waals surface area contributed by atoms with Crippen molar-refractivity contribution >= 4 is 0 Å². The minimum absolute atomic E-state index is 0.427. The zero-order chi connectivity index (χ0) is 10.5. The third kappa shape index (κ3) is 3.14. The van der Waals surface area contributed by atoms with Gasteiger partial charge in [0.15, 0.2) is 0 Å². The summed E-state index contributed by atoms with van der Waals surface area (Å²) >= 11 is 0. The van der Waals surface area contributed by atoms with Crippen LogP contribution in [0.5, 0.6) is 0 Å². The van der Waals surface area contributed by atoms with Crippen LogP contribution in [0.1, 0.15) is 19.3 Å². The summed E-state index contributed by atoms with van der Waals surface area (Å²) in [6.07, 6.45) is 3.80. The van der Waals surface area contributed by atoms with Crippen LogP contribution in [-0.2, 0) is 9.47 Å². The lowest BCUT2D eigenvalue weighted by Crippen LogP contribution is -2.52. The highest BCUT2D eigenvalue weighted by Gasteiger charge is 2.26. The SMILES string of the molecule is NCC1CCN1CCOC1CCOCC1. The number of rotatable bonds is 5.